The summed E-state index contributed by atoms with van der Waals surface area (Å²) in [5, 5.41) is 9.12. The molecule has 1 aromatic heterocycles. The Labute approximate surface area is 173 Å². The number of carbonyl (C=O) groups is 2. The van der Waals surface area contributed by atoms with Gasteiger partial charge in [0.25, 0.3) is 5.91 Å². The zero-order chi connectivity index (χ0) is 20.4. The number of likely N-dealkylation sites (tertiary alicyclic amines) is 1. The second-order valence-corrected chi connectivity index (χ2v) is 8.48. The van der Waals surface area contributed by atoms with Crippen molar-refractivity contribution in [2.45, 2.75) is 24.3 Å². The second-order valence-electron chi connectivity index (χ2n) is 7.14. The Balaban J connectivity index is 1.36. The maximum atomic E-state index is 12.8. The summed E-state index contributed by atoms with van der Waals surface area (Å²) < 4.78 is 11.3. The minimum atomic E-state index is -0.176. The number of carbonyl (C=O) groups excluding carboxylic acids is 2. The highest BCUT2D eigenvalue weighted by Crippen LogP contribution is 2.43. The first-order valence-corrected chi connectivity index (χ1v) is 10.4. The Morgan fingerprint density at radius 2 is 2.03 bits per heavy atom. The number of hydrogen-bond donors (Lipinski definition) is 0. The van der Waals surface area contributed by atoms with Crippen molar-refractivity contribution < 1.29 is 18.7 Å². The lowest BCUT2D eigenvalue weighted by Gasteiger charge is -2.42. The third-order valence-corrected chi connectivity index (χ3v) is 7.14. The highest BCUT2D eigenvalue weighted by molar-refractivity contribution is 8.01. The molecule has 7 nitrogen and oxygen atoms in total. The van der Waals surface area contributed by atoms with E-state index in [2.05, 4.69) is 6.07 Å². The van der Waals surface area contributed by atoms with E-state index < -0.39 is 0 Å². The molecule has 0 N–H and O–H groups in total. The van der Waals surface area contributed by atoms with Crippen LogP contribution in [0.3, 0.4) is 0 Å². The van der Waals surface area contributed by atoms with Gasteiger partial charge in [-0.05, 0) is 37.1 Å². The molecule has 2 aromatic rings. The van der Waals surface area contributed by atoms with Crippen LogP contribution in [0.1, 0.15) is 34.7 Å². The van der Waals surface area contributed by atoms with Crippen molar-refractivity contribution in [2.75, 3.05) is 25.9 Å². The number of nitriles is 1. The predicted octanol–water partition coefficient (Wildman–Crippen LogP) is 2.87. The van der Waals surface area contributed by atoms with Crippen LogP contribution in [0.15, 0.2) is 40.8 Å². The van der Waals surface area contributed by atoms with Crippen LogP contribution in [-0.4, -0.2) is 52.4 Å². The van der Waals surface area contributed by atoms with Gasteiger partial charge in [-0.1, -0.05) is 12.1 Å². The SMILES string of the molecule is CN1C(=O)CSC12CCN(C(=O)c1ccc(COc3ccccc3C#N)o1)CC2. The highest BCUT2D eigenvalue weighted by Gasteiger charge is 2.46. The van der Waals surface area contributed by atoms with Crippen LogP contribution in [-0.2, 0) is 11.4 Å². The quantitative estimate of drug-likeness (QED) is 0.769. The molecule has 0 aliphatic carbocycles. The van der Waals surface area contributed by atoms with E-state index in [9.17, 15) is 9.59 Å². The Bertz CT molecular complexity index is 972. The van der Waals surface area contributed by atoms with Crippen LogP contribution in [0, 0.1) is 11.3 Å². The third kappa shape index (κ3) is 3.70. The van der Waals surface area contributed by atoms with Gasteiger partial charge in [-0.15, -0.1) is 11.8 Å². The van der Waals surface area contributed by atoms with Crippen LogP contribution < -0.4 is 4.74 Å². The van der Waals surface area contributed by atoms with Crippen molar-refractivity contribution in [3.05, 3.63) is 53.5 Å². The molecule has 0 unspecified atom stereocenters. The molecule has 2 amide bonds. The number of hydrogen-bond acceptors (Lipinski definition) is 6. The molecule has 29 heavy (non-hydrogen) atoms. The average Bonchev–Trinajstić information content (AvgIpc) is 3.34. The number of furan rings is 1. The fourth-order valence-electron chi connectivity index (χ4n) is 3.72. The molecule has 4 rings (SSSR count). The van der Waals surface area contributed by atoms with E-state index in [1.54, 1.807) is 53.1 Å². The summed E-state index contributed by atoms with van der Waals surface area (Å²) in [6, 6.07) is 12.4. The third-order valence-electron chi connectivity index (χ3n) is 5.53. The van der Waals surface area contributed by atoms with Crippen molar-refractivity contribution in [3.63, 3.8) is 0 Å². The normalized spacial score (nSPS) is 18.1. The lowest BCUT2D eigenvalue weighted by Crippen LogP contribution is -2.51. The summed E-state index contributed by atoms with van der Waals surface area (Å²) in [7, 11) is 1.85. The average molecular weight is 411 g/mol. The van der Waals surface area contributed by atoms with Gasteiger partial charge in [-0.25, -0.2) is 0 Å². The predicted molar refractivity (Wildman–Crippen MR) is 107 cm³/mol. The summed E-state index contributed by atoms with van der Waals surface area (Å²) in [5.41, 5.74) is 0.450. The lowest BCUT2D eigenvalue weighted by molar-refractivity contribution is -0.129. The summed E-state index contributed by atoms with van der Waals surface area (Å²) in [6.45, 7) is 1.32. The number of benzene rings is 1. The van der Waals surface area contributed by atoms with Crippen LogP contribution in [0.2, 0.25) is 0 Å². The molecule has 2 aliphatic rings. The maximum absolute atomic E-state index is 12.8. The minimum Gasteiger partial charge on any atom is -0.484 e. The molecule has 3 heterocycles. The second kappa shape index (κ2) is 7.84. The van der Waals surface area contributed by atoms with Gasteiger partial charge in [0.2, 0.25) is 5.91 Å². The zero-order valence-electron chi connectivity index (χ0n) is 16.1. The Morgan fingerprint density at radius 3 is 2.72 bits per heavy atom. The lowest BCUT2D eigenvalue weighted by atomic mass is 10.0. The summed E-state index contributed by atoms with van der Waals surface area (Å²) >= 11 is 1.68. The molecule has 0 atom stereocenters. The Morgan fingerprint density at radius 1 is 1.28 bits per heavy atom. The molecule has 0 radical (unpaired) electrons. The van der Waals surface area contributed by atoms with Gasteiger partial charge in [0, 0.05) is 20.1 Å². The molecule has 150 valence electrons. The highest BCUT2D eigenvalue weighted by atomic mass is 32.2. The van der Waals surface area contributed by atoms with Crippen LogP contribution in [0.25, 0.3) is 0 Å². The Kier molecular flexibility index (Phi) is 5.24. The van der Waals surface area contributed by atoms with Crippen molar-refractivity contribution in [2.24, 2.45) is 0 Å². The van der Waals surface area contributed by atoms with Crippen molar-refractivity contribution >= 4 is 23.6 Å². The number of rotatable bonds is 4. The minimum absolute atomic E-state index is 0.138. The summed E-state index contributed by atoms with van der Waals surface area (Å²) in [5.74, 6) is 1.79. The Hall–Kier alpha value is -2.92. The first-order chi connectivity index (χ1) is 14.0. The van der Waals surface area contributed by atoms with Gasteiger partial charge in [0.05, 0.1) is 16.2 Å². The van der Waals surface area contributed by atoms with Crippen molar-refractivity contribution in [3.8, 4) is 11.8 Å². The van der Waals surface area contributed by atoms with E-state index >= 15 is 0 Å². The molecule has 2 aliphatic heterocycles. The molecule has 0 saturated carbocycles. The molecule has 2 saturated heterocycles. The molecule has 2 fully saturated rings. The molecule has 1 spiro atoms. The van der Waals surface area contributed by atoms with E-state index in [0.717, 1.165) is 12.8 Å². The first-order valence-electron chi connectivity index (χ1n) is 9.43. The number of para-hydroxylation sites is 1. The van der Waals surface area contributed by atoms with Crippen LogP contribution in [0.5, 0.6) is 5.75 Å². The van der Waals surface area contributed by atoms with Gasteiger partial charge in [0.15, 0.2) is 5.76 Å². The van der Waals surface area contributed by atoms with Gasteiger partial charge < -0.3 is 19.0 Å². The van der Waals surface area contributed by atoms with E-state index in [1.807, 2.05) is 11.9 Å². The van der Waals surface area contributed by atoms with Gasteiger partial charge >= 0.3 is 0 Å². The van der Waals surface area contributed by atoms with E-state index in [0.29, 0.717) is 35.9 Å². The topological polar surface area (TPSA) is 86.8 Å². The largest absolute Gasteiger partial charge is 0.484 e. The standard InChI is InChI=1S/C21H21N3O4S/c1-23-19(25)14-29-21(23)8-10-24(11-9-21)20(26)18-7-6-16(28-18)13-27-17-5-3-2-4-15(17)12-22/h2-7H,8-11,13-14H2,1H3. The van der Waals surface area contributed by atoms with Crippen molar-refractivity contribution in [1.29, 1.82) is 5.26 Å². The monoisotopic (exact) mass is 411 g/mol. The van der Waals surface area contributed by atoms with Gasteiger partial charge in [-0.2, -0.15) is 5.26 Å². The molecule has 8 heteroatoms. The molecule has 1 aromatic carbocycles. The van der Waals surface area contributed by atoms with Crippen molar-refractivity contribution in [1.82, 2.24) is 9.80 Å². The van der Waals surface area contributed by atoms with E-state index in [1.165, 1.54) is 0 Å². The molecular formula is C21H21N3O4S. The summed E-state index contributed by atoms with van der Waals surface area (Å²) in [6.07, 6.45) is 1.51. The van der Waals surface area contributed by atoms with Gasteiger partial charge in [0.1, 0.15) is 24.2 Å². The van der Waals surface area contributed by atoms with E-state index in [4.69, 9.17) is 14.4 Å². The van der Waals surface area contributed by atoms with Crippen LogP contribution >= 0.6 is 11.8 Å². The fourth-order valence-corrected chi connectivity index (χ4v) is 5.07. The van der Waals surface area contributed by atoms with Crippen LogP contribution in [0.4, 0.5) is 0 Å². The molecule has 0 bridgehead atoms. The maximum Gasteiger partial charge on any atom is 0.289 e. The smallest absolute Gasteiger partial charge is 0.289 e. The number of amides is 2. The number of thioether (sulfide) groups is 1. The van der Waals surface area contributed by atoms with Gasteiger partial charge in [-0.3, -0.25) is 9.59 Å². The summed E-state index contributed by atoms with van der Waals surface area (Å²) in [4.78, 5) is 28.1. The number of piperidine rings is 1. The number of nitrogens with zero attached hydrogens (tertiary/aromatic N) is 3. The van der Waals surface area contributed by atoms with E-state index in [-0.39, 0.29) is 29.1 Å². The number of ether oxygens (including phenoxy) is 1. The fraction of sp³-hybridized carbons (Fsp3) is 0.381. The molecular weight excluding hydrogens is 390 g/mol. The first kappa shape index (κ1) is 19.4. The zero-order valence-corrected chi connectivity index (χ0v) is 16.9.